The van der Waals surface area contributed by atoms with E-state index in [0.717, 1.165) is 6.42 Å². The predicted octanol–water partition coefficient (Wildman–Crippen LogP) is 0.925. The van der Waals surface area contributed by atoms with Gasteiger partial charge in [-0.15, -0.1) is 0 Å². The molecule has 110 valence electrons. The number of hydrogen-bond acceptors (Lipinski definition) is 3. The lowest BCUT2D eigenvalue weighted by Gasteiger charge is -2.15. The maximum Gasteiger partial charge on any atom is 0.328 e. The molecule has 0 fully saturated rings. The van der Waals surface area contributed by atoms with Crippen LogP contribution in [0.1, 0.15) is 24.8 Å². The molecule has 6 heteroatoms. The molecule has 0 aliphatic rings. The molecule has 0 saturated carbocycles. The summed E-state index contributed by atoms with van der Waals surface area (Å²) in [5.74, 6) is -0.968. The SMILES string of the molecule is CC(CCNC(=O)NC(CO)C(=O)O)c1ccccc1. The van der Waals surface area contributed by atoms with Gasteiger partial charge in [0.25, 0.3) is 0 Å². The number of carboxylic acid groups (broad SMARTS) is 1. The Kier molecular flexibility index (Phi) is 6.52. The lowest BCUT2D eigenvalue weighted by Crippen LogP contribution is -2.48. The molecule has 2 unspecified atom stereocenters. The number of amides is 2. The van der Waals surface area contributed by atoms with E-state index in [1.165, 1.54) is 5.56 Å². The maximum absolute atomic E-state index is 11.4. The minimum Gasteiger partial charge on any atom is -0.480 e. The first-order valence-electron chi connectivity index (χ1n) is 6.47. The second-order valence-corrected chi connectivity index (χ2v) is 4.57. The van der Waals surface area contributed by atoms with Crippen LogP contribution in [0, 0.1) is 0 Å². The molecule has 0 bridgehead atoms. The first-order chi connectivity index (χ1) is 9.54. The van der Waals surface area contributed by atoms with Crippen molar-refractivity contribution in [3.8, 4) is 0 Å². The van der Waals surface area contributed by atoms with Gasteiger partial charge in [-0.1, -0.05) is 37.3 Å². The minimum absolute atomic E-state index is 0.296. The normalized spacial score (nSPS) is 13.3. The van der Waals surface area contributed by atoms with Gasteiger partial charge in [0.15, 0.2) is 6.04 Å². The highest BCUT2D eigenvalue weighted by Gasteiger charge is 2.18. The summed E-state index contributed by atoms with van der Waals surface area (Å²) >= 11 is 0. The van der Waals surface area contributed by atoms with Crippen molar-refractivity contribution < 1.29 is 19.8 Å². The van der Waals surface area contributed by atoms with Crippen LogP contribution in [-0.2, 0) is 4.79 Å². The first-order valence-corrected chi connectivity index (χ1v) is 6.47. The Hall–Kier alpha value is -2.08. The molecule has 1 aromatic rings. The summed E-state index contributed by atoms with van der Waals surface area (Å²) in [6.45, 7) is 1.85. The smallest absolute Gasteiger partial charge is 0.328 e. The number of rotatable bonds is 7. The Bertz CT molecular complexity index is 436. The van der Waals surface area contributed by atoms with Gasteiger partial charge in [-0.25, -0.2) is 9.59 Å². The topological polar surface area (TPSA) is 98.7 Å². The van der Waals surface area contributed by atoms with Crippen molar-refractivity contribution in [1.29, 1.82) is 0 Å². The molecule has 0 heterocycles. The lowest BCUT2D eigenvalue weighted by molar-refractivity contribution is -0.140. The van der Waals surface area contributed by atoms with Gasteiger partial charge in [0.2, 0.25) is 0 Å². The highest BCUT2D eigenvalue weighted by molar-refractivity contribution is 5.82. The van der Waals surface area contributed by atoms with Crippen molar-refractivity contribution in [2.75, 3.05) is 13.2 Å². The molecule has 1 rings (SSSR count). The molecule has 20 heavy (non-hydrogen) atoms. The van der Waals surface area contributed by atoms with E-state index in [2.05, 4.69) is 17.6 Å². The fraction of sp³-hybridized carbons (Fsp3) is 0.429. The molecule has 0 aliphatic heterocycles. The zero-order chi connectivity index (χ0) is 15.0. The second-order valence-electron chi connectivity index (χ2n) is 4.57. The van der Waals surface area contributed by atoms with Crippen LogP contribution in [0.4, 0.5) is 4.79 Å². The number of aliphatic hydroxyl groups excluding tert-OH is 1. The molecule has 1 aromatic carbocycles. The maximum atomic E-state index is 11.4. The van der Waals surface area contributed by atoms with E-state index in [9.17, 15) is 9.59 Å². The van der Waals surface area contributed by atoms with Gasteiger partial charge in [0.1, 0.15) is 0 Å². The molecule has 2 atom stereocenters. The second kappa shape index (κ2) is 8.16. The highest BCUT2D eigenvalue weighted by atomic mass is 16.4. The summed E-state index contributed by atoms with van der Waals surface area (Å²) in [7, 11) is 0. The number of aliphatic carboxylic acids is 1. The fourth-order valence-electron chi connectivity index (χ4n) is 1.75. The third-order valence-electron chi connectivity index (χ3n) is 3.02. The number of nitrogens with one attached hydrogen (secondary N) is 2. The quantitative estimate of drug-likeness (QED) is 0.597. The summed E-state index contributed by atoms with van der Waals surface area (Å²) in [6, 6.07) is 8.06. The minimum atomic E-state index is -1.28. The van der Waals surface area contributed by atoms with Crippen molar-refractivity contribution in [2.24, 2.45) is 0 Å². The van der Waals surface area contributed by atoms with Gasteiger partial charge in [-0.05, 0) is 17.9 Å². The van der Waals surface area contributed by atoms with Crippen molar-refractivity contribution in [1.82, 2.24) is 10.6 Å². The molecule has 2 amide bonds. The first kappa shape index (κ1) is 16.0. The molecule has 0 aliphatic carbocycles. The van der Waals surface area contributed by atoms with Gasteiger partial charge >= 0.3 is 12.0 Å². The fourth-order valence-corrected chi connectivity index (χ4v) is 1.75. The van der Waals surface area contributed by atoms with E-state index in [1.807, 2.05) is 30.3 Å². The van der Waals surface area contributed by atoms with E-state index in [0.29, 0.717) is 12.5 Å². The summed E-state index contributed by atoms with van der Waals surface area (Å²) in [5.41, 5.74) is 1.19. The average molecular weight is 280 g/mol. The Balaban J connectivity index is 2.30. The number of urea groups is 1. The highest BCUT2D eigenvalue weighted by Crippen LogP contribution is 2.17. The lowest BCUT2D eigenvalue weighted by atomic mass is 9.98. The Labute approximate surface area is 117 Å². The number of hydrogen-bond donors (Lipinski definition) is 4. The Morgan fingerprint density at radius 1 is 1.25 bits per heavy atom. The standard InChI is InChI=1S/C14H20N2O4/c1-10(11-5-3-2-4-6-11)7-8-15-14(20)16-12(9-17)13(18)19/h2-6,10,12,17H,7-9H2,1H3,(H,18,19)(H2,15,16,20). The molecular weight excluding hydrogens is 260 g/mol. The van der Waals surface area contributed by atoms with Crippen LogP contribution in [-0.4, -0.2) is 41.4 Å². The number of carboxylic acids is 1. The molecular formula is C14H20N2O4. The van der Waals surface area contributed by atoms with Gasteiger partial charge < -0.3 is 20.8 Å². The third kappa shape index (κ3) is 5.27. The largest absolute Gasteiger partial charge is 0.480 e. The Morgan fingerprint density at radius 3 is 2.45 bits per heavy atom. The summed E-state index contributed by atoms with van der Waals surface area (Å²) in [6.07, 6.45) is 0.744. The third-order valence-corrected chi connectivity index (χ3v) is 3.02. The monoisotopic (exact) mass is 280 g/mol. The van der Waals surface area contributed by atoms with Crippen LogP contribution in [0.3, 0.4) is 0 Å². The summed E-state index contributed by atoms with van der Waals surface area (Å²) in [5, 5.41) is 22.2. The van der Waals surface area contributed by atoms with Crippen molar-refractivity contribution in [2.45, 2.75) is 25.3 Å². The number of carbonyl (C=O) groups excluding carboxylic acids is 1. The average Bonchev–Trinajstić information content (AvgIpc) is 2.45. The van der Waals surface area contributed by atoms with Gasteiger partial charge in [-0.2, -0.15) is 0 Å². The number of benzene rings is 1. The van der Waals surface area contributed by atoms with Crippen LogP contribution in [0.15, 0.2) is 30.3 Å². The van der Waals surface area contributed by atoms with E-state index in [1.54, 1.807) is 0 Å². The Morgan fingerprint density at radius 2 is 1.90 bits per heavy atom. The van der Waals surface area contributed by atoms with E-state index < -0.39 is 24.6 Å². The van der Waals surface area contributed by atoms with Crippen LogP contribution in [0.2, 0.25) is 0 Å². The van der Waals surface area contributed by atoms with Gasteiger partial charge in [-0.3, -0.25) is 0 Å². The number of aliphatic hydroxyl groups is 1. The van der Waals surface area contributed by atoms with E-state index >= 15 is 0 Å². The molecule has 0 radical (unpaired) electrons. The zero-order valence-corrected chi connectivity index (χ0v) is 11.4. The summed E-state index contributed by atoms with van der Waals surface area (Å²) in [4.78, 5) is 22.1. The predicted molar refractivity (Wildman–Crippen MR) is 74.5 cm³/mol. The van der Waals surface area contributed by atoms with Crippen molar-refractivity contribution in [3.63, 3.8) is 0 Å². The van der Waals surface area contributed by atoms with Crippen molar-refractivity contribution >= 4 is 12.0 Å². The van der Waals surface area contributed by atoms with Gasteiger partial charge in [0.05, 0.1) is 6.61 Å². The summed E-state index contributed by atoms with van der Waals surface area (Å²) < 4.78 is 0. The zero-order valence-electron chi connectivity index (χ0n) is 11.4. The van der Waals surface area contributed by atoms with Crippen LogP contribution in [0.25, 0.3) is 0 Å². The molecule has 4 N–H and O–H groups in total. The van der Waals surface area contributed by atoms with Crippen molar-refractivity contribution in [3.05, 3.63) is 35.9 Å². The number of carbonyl (C=O) groups is 2. The van der Waals surface area contributed by atoms with E-state index in [4.69, 9.17) is 10.2 Å². The van der Waals surface area contributed by atoms with Crippen LogP contribution >= 0.6 is 0 Å². The molecule has 0 spiro atoms. The molecule has 0 aromatic heterocycles. The molecule has 0 saturated heterocycles. The van der Waals surface area contributed by atoms with Crippen LogP contribution < -0.4 is 10.6 Å². The van der Waals surface area contributed by atoms with E-state index in [-0.39, 0.29) is 0 Å². The van der Waals surface area contributed by atoms with Gasteiger partial charge in [0, 0.05) is 6.54 Å². The molecule has 6 nitrogen and oxygen atoms in total. The van der Waals surface area contributed by atoms with Crippen LogP contribution in [0.5, 0.6) is 0 Å².